The Morgan fingerprint density at radius 2 is 2.05 bits per heavy atom. The van der Waals surface area contributed by atoms with Crippen molar-refractivity contribution < 1.29 is 14.7 Å². The molecule has 2 fully saturated rings. The van der Waals surface area contributed by atoms with E-state index in [0.717, 1.165) is 32.1 Å². The summed E-state index contributed by atoms with van der Waals surface area (Å²) in [6.07, 6.45) is 4.98. The first-order valence-corrected chi connectivity index (χ1v) is 7.23. The lowest BCUT2D eigenvalue weighted by molar-refractivity contribution is -0.148. The SMILES string of the molecule is CC1CCCC(N)(C(=O)N2CCC[C@H](C(=O)O)C2)C1. The lowest BCUT2D eigenvalue weighted by atomic mass is 9.76. The summed E-state index contributed by atoms with van der Waals surface area (Å²) in [4.78, 5) is 25.3. The first kappa shape index (κ1) is 14.3. The van der Waals surface area contributed by atoms with Gasteiger partial charge in [-0.2, -0.15) is 0 Å². The van der Waals surface area contributed by atoms with Crippen LogP contribution < -0.4 is 5.73 Å². The van der Waals surface area contributed by atoms with Crippen molar-refractivity contribution >= 4 is 11.9 Å². The molecule has 0 spiro atoms. The second kappa shape index (κ2) is 5.49. The van der Waals surface area contributed by atoms with Gasteiger partial charge in [0.25, 0.3) is 0 Å². The van der Waals surface area contributed by atoms with Crippen molar-refractivity contribution in [3.63, 3.8) is 0 Å². The Labute approximate surface area is 114 Å². The van der Waals surface area contributed by atoms with E-state index in [9.17, 15) is 9.59 Å². The number of nitrogens with zero attached hydrogens (tertiary/aromatic N) is 1. The summed E-state index contributed by atoms with van der Waals surface area (Å²) >= 11 is 0. The van der Waals surface area contributed by atoms with Gasteiger partial charge in [0, 0.05) is 13.1 Å². The molecule has 5 heteroatoms. The fourth-order valence-electron chi connectivity index (χ4n) is 3.46. The van der Waals surface area contributed by atoms with E-state index < -0.39 is 17.4 Å². The Bertz CT molecular complexity index is 372. The average molecular weight is 268 g/mol. The molecule has 1 heterocycles. The van der Waals surface area contributed by atoms with Gasteiger partial charge in [-0.05, 0) is 31.6 Å². The van der Waals surface area contributed by atoms with Gasteiger partial charge in [-0.25, -0.2) is 0 Å². The average Bonchev–Trinajstić information content (AvgIpc) is 2.37. The van der Waals surface area contributed by atoms with Crippen LogP contribution in [0.1, 0.15) is 45.4 Å². The molecule has 3 N–H and O–H groups in total. The van der Waals surface area contributed by atoms with Crippen molar-refractivity contribution in [1.29, 1.82) is 0 Å². The number of aliphatic carboxylic acids is 1. The summed E-state index contributed by atoms with van der Waals surface area (Å²) in [6, 6.07) is 0. The fourth-order valence-corrected chi connectivity index (χ4v) is 3.46. The number of hydrogen-bond donors (Lipinski definition) is 2. The van der Waals surface area contributed by atoms with Crippen LogP contribution in [0.3, 0.4) is 0 Å². The Morgan fingerprint density at radius 3 is 2.68 bits per heavy atom. The first-order valence-electron chi connectivity index (χ1n) is 7.23. The van der Waals surface area contributed by atoms with Crippen LogP contribution in [-0.4, -0.2) is 40.5 Å². The minimum Gasteiger partial charge on any atom is -0.481 e. The van der Waals surface area contributed by atoms with E-state index in [-0.39, 0.29) is 5.91 Å². The molecule has 0 bridgehead atoms. The smallest absolute Gasteiger partial charge is 0.308 e. The van der Waals surface area contributed by atoms with Gasteiger partial charge < -0.3 is 15.7 Å². The van der Waals surface area contributed by atoms with Gasteiger partial charge in [0.1, 0.15) is 0 Å². The van der Waals surface area contributed by atoms with Crippen LogP contribution in [0.4, 0.5) is 0 Å². The van der Waals surface area contributed by atoms with Crippen LogP contribution in [0, 0.1) is 11.8 Å². The zero-order valence-electron chi connectivity index (χ0n) is 11.6. The van der Waals surface area contributed by atoms with Crippen molar-refractivity contribution in [1.82, 2.24) is 4.90 Å². The second-order valence-electron chi connectivity index (χ2n) is 6.29. The third kappa shape index (κ3) is 3.08. The molecule has 0 aromatic heterocycles. The van der Waals surface area contributed by atoms with Crippen LogP contribution in [-0.2, 0) is 9.59 Å². The highest BCUT2D eigenvalue weighted by Crippen LogP contribution is 2.32. The van der Waals surface area contributed by atoms with E-state index in [2.05, 4.69) is 6.92 Å². The molecule has 3 atom stereocenters. The van der Waals surface area contributed by atoms with Crippen molar-refractivity contribution in [3.8, 4) is 0 Å². The highest BCUT2D eigenvalue weighted by atomic mass is 16.4. The molecule has 1 saturated heterocycles. The molecule has 1 saturated carbocycles. The van der Waals surface area contributed by atoms with Gasteiger partial charge in [-0.15, -0.1) is 0 Å². The topological polar surface area (TPSA) is 83.6 Å². The predicted octanol–water partition coefficient (Wildman–Crippen LogP) is 1.22. The Kier molecular flexibility index (Phi) is 4.13. The van der Waals surface area contributed by atoms with Crippen LogP contribution >= 0.6 is 0 Å². The van der Waals surface area contributed by atoms with E-state index in [1.807, 2.05) is 0 Å². The van der Waals surface area contributed by atoms with Gasteiger partial charge in [-0.1, -0.05) is 19.8 Å². The maximum atomic E-state index is 12.6. The quantitative estimate of drug-likeness (QED) is 0.788. The minimum absolute atomic E-state index is 0.0370. The molecular weight excluding hydrogens is 244 g/mol. The zero-order chi connectivity index (χ0) is 14.0. The standard InChI is InChI=1S/C14H24N2O3/c1-10-4-2-6-14(15,8-10)13(19)16-7-3-5-11(9-16)12(17)18/h10-11H,2-9,15H2,1H3,(H,17,18)/t10?,11-,14?/m0/s1. The van der Waals surface area contributed by atoms with E-state index in [1.165, 1.54) is 0 Å². The molecule has 2 unspecified atom stereocenters. The molecule has 0 aromatic carbocycles. The minimum atomic E-state index is -0.805. The second-order valence-corrected chi connectivity index (χ2v) is 6.29. The third-order valence-electron chi connectivity index (χ3n) is 4.52. The predicted molar refractivity (Wildman–Crippen MR) is 71.5 cm³/mol. The molecule has 2 aliphatic rings. The molecule has 0 radical (unpaired) electrons. The van der Waals surface area contributed by atoms with Crippen molar-refractivity contribution in [3.05, 3.63) is 0 Å². The molecule has 2 rings (SSSR count). The molecule has 1 aliphatic heterocycles. The van der Waals surface area contributed by atoms with E-state index >= 15 is 0 Å². The number of carbonyl (C=O) groups excluding carboxylic acids is 1. The van der Waals surface area contributed by atoms with Crippen LogP contribution in [0.15, 0.2) is 0 Å². The number of rotatable bonds is 2. The molecular formula is C14H24N2O3. The highest BCUT2D eigenvalue weighted by Gasteiger charge is 2.42. The van der Waals surface area contributed by atoms with Crippen LogP contribution in [0.2, 0.25) is 0 Å². The highest BCUT2D eigenvalue weighted by molar-refractivity contribution is 5.87. The molecule has 5 nitrogen and oxygen atoms in total. The number of carboxylic acids is 1. The number of likely N-dealkylation sites (tertiary alicyclic amines) is 1. The molecule has 19 heavy (non-hydrogen) atoms. The molecule has 108 valence electrons. The fraction of sp³-hybridized carbons (Fsp3) is 0.857. The lowest BCUT2D eigenvalue weighted by Crippen LogP contribution is -2.59. The van der Waals surface area contributed by atoms with Gasteiger partial charge in [0.15, 0.2) is 0 Å². The third-order valence-corrected chi connectivity index (χ3v) is 4.52. The number of piperidine rings is 1. The summed E-state index contributed by atoms with van der Waals surface area (Å²) < 4.78 is 0. The molecule has 0 aromatic rings. The van der Waals surface area contributed by atoms with Crippen molar-refractivity contribution in [2.24, 2.45) is 17.6 Å². The largest absolute Gasteiger partial charge is 0.481 e. The maximum absolute atomic E-state index is 12.6. The summed E-state index contributed by atoms with van der Waals surface area (Å²) in [5.74, 6) is -0.796. The van der Waals surface area contributed by atoms with E-state index in [0.29, 0.717) is 25.4 Å². The summed E-state index contributed by atoms with van der Waals surface area (Å²) in [6.45, 7) is 3.10. The number of carbonyl (C=O) groups is 2. The summed E-state index contributed by atoms with van der Waals surface area (Å²) in [5.41, 5.74) is 5.54. The Hall–Kier alpha value is -1.10. The van der Waals surface area contributed by atoms with Crippen LogP contribution in [0.5, 0.6) is 0 Å². The van der Waals surface area contributed by atoms with E-state index in [1.54, 1.807) is 4.90 Å². The van der Waals surface area contributed by atoms with Crippen molar-refractivity contribution in [2.75, 3.05) is 13.1 Å². The Balaban J connectivity index is 2.04. The van der Waals surface area contributed by atoms with E-state index in [4.69, 9.17) is 10.8 Å². The van der Waals surface area contributed by atoms with Gasteiger partial charge in [-0.3, -0.25) is 9.59 Å². The Morgan fingerprint density at radius 1 is 1.32 bits per heavy atom. The molecule has 1 aliphatic carbocycles. The number of carboxylic acid groups (broad SMARTS) is 1. The lowest BCUT2D eigenvalue weighted by Gasteiger charge is -2.41. The van der Waals surface area contributed by atoms with Gasteiger partial charge >= 0.3 is 5.97 Å². The number of amides is 1. The molecule has 1 amide bonds. The van der Waals surface area contributed by atoms with Crippen molar-refractivity contribution in [2.45, 2.75) is 51.0 Å². The zero-order valence-corrected chi connectivity index (χ0v) is 11.6. The number of hydrogen-bond acceptors (Lipinski definition) is 3. The monoisotopic (exact) mass is 268 g/mol. The first-order chi connectivity index (χ1) is 8.92. The summed E-state index contributed by atoms with van der Waals surface area (Å²) in [7, 11) is 0. The van der Waals surface area contributed by atoms with Crippen LogP contribution in [0.25, 0.3) is 0 Å². The van der Waals surface area contributed by atoms with Gasteiger partial charge in [0.05, 0.1) is 11.5 Å². The maximum Gasteiger partial charge on any atom is 0.308 e. The normalized spacial score (nSPS) is 36.0. The number of nitrogens with two attached hydrogens (primary N) is 1. The summed E-state index contributed by atoms with van der Waals surface area (Å²) in [5, 5.41) is 9.09. The van der Waals surface area contributed by atoms with Gasteiger partial charge in [0.2, 0.25) is 5.91 Å².